The summed E-state index contributed by atoms with van der Waals surface area (Å²) in [4.78, 5) is 13.9. The molecule has 1 saturated heterocycles. The quantitative estimate of drug-likeness (QED) is 0.884. The standard InChI is InChI=1S/C12H17NO3S/c14-6-7-16-11-1-4-13(5-2-11)12(15)10-3-8-17-9-10/h3,8-9,11,14H,1-2,4-7H2. The van der Waals surface area contributed by atoms with Crippen molar-refractivity contribution in [3.05, 3.63) is 22.4 Å². The molecule has 5 heteroatoms. The number of likely N-dealkylation sites (tertiary alicyclic amines) is 1. The smallest absolute Gasteiger partial charge is 0.254 e. The van der Waals surface area contributed by atoms with Gasteiger partial charge in [-0.15, -0.1) is 0 Å². The molecule has 17 heavy (non-hydrogen) atoms. The van der Waals surface area contributed by atoms with E-state index in [1.165, 1.54) is 0 Å². The van der Waals surface area contributed by atoms with Crippen molar-refractivity contribution in [3.8, 4) is 0 Å². The Morgan fingerprint density at radius 2 is 2.29 bits per heavy atom. The van der Waals surface area contributed by atoms with Crippen molar-refractivity contribution in [1.29, 1.82) is 0 Å². The third kappa shape index (κ3) is 3.28. The molecule has 1 aliphatic rings. The molecule has 0 aromatic carbocycles. The Labute approximate surface area is 105 Å². The number of hydrogen-bond donors (Lipinski definition) is 1. The number of amides is 1. The van der Waals surface area contributed by atoms with Crippen LogP contribution in [0.2, 0.25) is 0 Å². The van der Waals surface area contributed by atoms with Gasteiger partial charge in [-0.3, -0.25) is 4.79 Å². The summed E-state index contributed by atoms with van der Waals surface area (Å²) in [5.74, 6) is 0.117. The third-order valence-corrected chi connectivity index (χ3v) is 3.63. The maximum Gasteiger partial charge on any atom is 0.254 e. The van der Waals surface area contributed by atoms with Crippen LogP contribution in [-0.4, -0.2) is 48.3 Å². The number of aliphatic hydroxyl groups excluding tert-OH is 1. The second kappa shape index (κ2) is 6.14. The maximum atomic E-state index is 12.0. The Morgan fingerprint density at radius 3 is 2.88 bits per heavy atom. The van der Waals surface area contributed by atoms with Crippen LogP contribution in [0.5, 0.6) is 0 Å². The van der Waals surface area contributed by atoms with E-state index in [4.69, 9.17) is 9.84 Å². The summed E-state index contributed by atoms with van der Waals surface area (Å²) in [6.07, 6.45) is 1.90. The van der Waals surface area contributed by atoms with Gasteiger partial charge in [0.25, 0.3) is 5.91 Å². The highest BCUT2D eigenvalue weighted by Crippen LogP contribution is 2.17. The van der Waals surface area contributed by atoms with Gasteiger partial charge in [0.2, 0.25) is 0 Å². The zero-order valence-electron chi connectivity index (χ0n) is 9.67. The number of rotatable bonds is 4. The van der Waals surface area contributed by atoms with Crippen LogP contribution >= 0.6 is 11.3 Å². The van der Waals surface area contributed by atoms with E-state index in [9.17, 15) is 4.79 Å². The van der Waals surface area contributed by atoms with Crippen LogP contribution in [0.3, 0.4) is 0 Å². The number of piperidine rings is 1. The normalized spacial score (nSPS) is 17.4. The van der Waals surface area contributed by atoms with Crippen molar-refractivity contribution in [3.63, 3.8) is 0 Å². The lowest BCUT2D eigenvalue weighted by Gasteiger charge is -2.31. The molecule has 0 saturated carbocycles. The van der Waals surface area contributed by atoms with Crippen molar-refractivity contribution < 1.29 is 14.6 Å². The first-order chi connectivity index (χ1) is 8.31. The molecule has 1 amide bonds. The van der Waals surface area contributed by atoms with E-state index < -0.39 is 0 Å². The molecule has 0 spiro atoms. The Kier molecular flexibility index (Phi) is 4.53. The number of aliphatic hydroxyl groups is 1. The van der Waals surface area contributed by atoms with Crippen molar-refractivity contribution in [2.45, 2.75) is 18.9 Å². The highest BCUT2D eigenvalue weighted by atomic mass is 32.1. The summed E-state index contributed by atoms with van der Waals surface area (Å²) in [5, 5.41) is 12.5. The zero-order chi connectivity index (χ0) is 12.1. The first kappa shape index (κ1) is 12.5. The van der Waals surface area contributed by atoms with E-state index in [1.807, 2.05) is 21.7 Å². The molecular weight excluding hydrogens is 238 g/mol. The van der Waals surface area contributed by atoms with Gasteiger partial charge in [0, 0.05) is 18.5 Å². The Balaban J connectivity index is 1.81. The van der Waals surface area contributed by atoms with E-state index >= 15 is 0 Å². The Morgan fingerprint density at radius 1 is 1.53 bits per heavy atom. The van der Waals surface area contributed by atoms with Crippen LogP contribution < -0.4 is 0 Å². The highest BCUT2D eigenvalue weighted by molar-refractivity contribution is 7.08. The maximum absolute atomic E-state index is 12.0. The molecule has 1 aromatic rings. The number of nitrogens with zero attached hydrogens (tertiary/aromatic N) is 1. The molecule has 1 aliphatic heterocycles. The number of thiophene rings is 1. The van der Waals surface area contributed by atoms with Gasteiger partial charge in [-0.05, 0) is 24.3 Å². The molecule has 1 aromatic heterocycles. The van der Waals surface area contributed by atoms with Crippen molar-refractivity contribution in [2.75, 3.05) is 26.3 Å². The van der Waals surface area contributed by atoms with E-state index in [0.29, 0.717) is 6.61 Å². The first-order valence-corrected chi connectivity index (χ1v) is 6.79. The number of carbonyl (C=O) groups excluding carboxylic acids is 1. The monoisotopic (exact) mass is 255 g/mol. The molecule has 0 unspecified atom stereocenters. The molecule has 94 valence electrons. The average molecular weight is 255 g/mol. The molecule has 4 nitrogen and oxygen atoms in total. The molecule has 0 bridgehead atoms. The summed E-state index contributed by atoms with van der Waals surface area (Å²) in [5.41, 5.74) is 0.782. The molecule has 2 rings (SSSR count). The zero-order valence-corrected chi connectivity index (χ0v) is 10.5. The number of hydrogen-bond acceptors (Lipinski definition) is 4. The molecule has 0 atom stereocenters. The minimum absolute atomic E-state index is 0.0635. The van der Waals surface area contributed by atoms with Gasteiger partial charge < -0.3 is 14.7 Å². The van der Waals surface area contributed by atoms with Gasteiger partial charge in [-0.25, -0.2) is 0 Å². The van der Waals surface area contributed by atoms with Crippen LogP contribution in [0, 0.1) is 0 Å². The summed E-state index contributed by atoms with van der Waals surface area (Å²) >= 11 is 1.54. The van der Waals surface area contributed by atoms with E-state index in [1.54, 1.807) is 11.3 Å². The topological polar surface area (TPSA) is 49.8 Å². The third-order valence-electron chi connectivity index (χ3n) is 2.94. The summed E-state index contributed by atoms with van der Waals surface area (Å²) < 4.78 is 5.46. The van der Waals surface area contributed by atoms with Crippen LogP contribution in [0.15, 0.2) is 16.8 Å². The van der Waals surface area contributed by atoms with Gasteiger partial charge >= 0.3 is 0 Å². The average Bonchev–Trinajstić information content (AvgIpc) is 2.90. The van der Waals surface area contributed by atoms with Crippen molar-refractivity contribution >= 4 is 17.2 Å². The number of carbonyl (C=O) groups is 1. The summed E-state index contributed by atoms with van der Waals surface area (Å²) in [6, 6.07) is 1.86. The largest absolute Gasteiger partial charge is 0.394 e. The number of ether oxygens (including phenoxy) is 1. The van der Waals surface area contributed by atoms with Crippen LogP contribution in [0.1, 0.15) is 23.2 Å². The van der Waals surface area contributed by atoms with Crippen molar-refractivity contribution in [1.82, 2.24) is 4.90 Å². The highest BCUT2D eigenvalue weighted by Gasteiger charge is 2.23. The fraction of sp³-hybridized carbons (Fsp3) is 0.583. The molecule has 0 radical (unpaired) electrons. The van der Waals surface area contributed by atoms with Crippen LogP contribution in [0.4, 0.5) is 0 Å². The second-order valence-corrected chi connectivity index (χ2v) is 4.88. The summed E-state index contributed by atoms with van der Waals surface area (Å²) in [6.45, 7) is 1.94. The Bertz CT molecular complexity index is 345. The minimum atomic E-state index is 0.0635. The first-order valence-electron chi connectivity index (χ1n) is 5.85. The van der Waals surface area contributed by atoms with Crippen molar-refractivity contribution in [2.24, 2.45) is 0 Å². The lowest BCUT2D eigenvalue weighted by molar-refractivity contribution is -0.00553. The van der Waals surface area contributed by atoms with Gasteiger partial charge in [0.05, 0.1) is 24.9 Å². The van der Waals surface area contributed by atoms with Gasteiger partial charge in [0.15, 0.2) is 0 Å². The summed E-state index contributed by atoms with van der Waals surface area (Å²) in [7, 11) is 0. The molecule has 1 fully saturated rings. The Hall–Kier alpha value is -0.910. The fourth-order valence-electron chi connectivity index (χ4n) is 2.01. The van der Waals surface area contributed by atoms with Gasteiger partial charge in [-0.2, -0.15) is 11.3 Å². The predicted octanol–water partition coefficient (Wildman–Crippen LogP) is 1.36. The molecule has 2 heterocycles. The second-order valence-electron chi connectivity index (χ2n) is 4.10. The molecule has 0 aliphatic carbocycles. The minimum Gasteiger partial charge on any atom is -0.394 e. The van der Waals surface area contributed by atoms with E-state index in [2.05, 4.69) is 0 Å². The fourth-order valence-corrected chi connectivity index (χ4v) is 2.64. The SMILES string of the molecule is O=C(c1ccsc1)N1CCC(OCCO)CC1. The van der Waals surface area contributed by atoms with Crippen LogP contribution in [-0.2, 0) is 4.74 Å². The van der Waals surface area contributed by atoms with Gasteiger partial charge in [0.1, 0.15) is 0 Å². The predicted molar refractivity (Wildman–Crippen MR) is 66.3 cm³/mol. The van der Waals surface area contributed by atoms with Gasteiger partial charge in [-0.1, -0.05) is 0 Å². The lowest BCUT2D eigenvalue weighted by Crippen LogP contribution is -2.41. The van der Waals surface area contributed by atoms with Crippen LogP contribution in [0.25, 0.3) is 0 Å². The molecule has 1 N–H and O–H groups in total. The van der Waals surface area contributed by atoms with E-state index in [-0.39, 0.29) is 18.6 Å². The molecular formula is C12H17NO3S. The lowest BCUT2D eigenvalue weighted by atomic mass is 10.1. The van der Waals surface area contributed by atoms with E-state index in [0.717, 1.165) is 31.5 Å².